The van der Waals surface area contributed by atoms with E-state index < -0.39 is 0 Å². The summed E-state index contributed by atoms with van der Waals surface area (Å²) in [6, 6.07) is 4.92. The molecule has 1 aliphatic rings. The van der Waals surface area contributed by atoms with Gasteiger partial charge in [0, 0.05) is 30.7 Å². The van der Waals surface area contributed by atoms with Crippen LogP contribution >= 0.6 is 34.8 Å². The van der Waals surface area contributed by atoms with Crippen LogP contribution in [0.2, 0.25) is 0 Å². The van der Waals surface area contributed by atoms with Gasteiger partial charge in [-0.15, -0.1) is 0 Å². The predicted octanol–water partition coefficient (Wildman–Crippen LogP) is 5.19. The molecule has 1 nitrogen and oxygen atoms in total. The van der Waals surface area contributed by atoms with Crippen molar-refractivity contribution in [2.75, 3.05) is 19.0 Å². The monoisotopic (exact) mass is 319 g/mol. The Kier molecular flexibility index (Phi) is 4.44. The molecule has 0 saturated heterocycles. The van der Waals surface area contributed by atoms with Gasteiger partial charge in [0.1, 0.15) is 5.82 Å². The summed E-state index contributed by atoms with van der Waals surface area (Å²) in [6.45, 7) is 0. The predicted molar refractivity (Wildman–Crippen MR) is 80.8 cm³/mol. The van der Waals surface area contributed by atoms with Gasteiger partial charge in [0.05, 0.1) is 10.1 Å². The molecular formula is C14H13Cl3FN. The molecule has 0 fully saturated rings. The molecule has 5 heteroatoms. The van der Waals surface area contributed by atoms with Gasteiger partial charge >= 0.3 is 0 Å². The molecule has 1 unspecified atom stereocenters. The smallest absolute Gasteiger partial charge is 0.125 e. The van der Waals surface area contributed by atoms with Crippen LogP contribution in [-0.4, -0.2) is 14.1 Å². The van der Waals surface area contributed by atoms with Crippen LogP contribution in [0.15, 0.2) is 39.4 Å². The summed E-state index contributed by atoms with van der Waals surface area (Å²) in [5, 5.41) is 1.30. The lowest BCUT2D eigenvalue weighted by molar-refractivity contribution is 0.623. The second kappa shape index (κ2) is 5.74. The highest BCUT2D eigenvalue weighted by atomic mass is 35.5. The summed E-state index contributed by atoms with van der Waals surface area (Å²) in [4.78, 5) is 1.85. The largest absolute Gasteiger partial charge is 0.378 e. The Hall–Kier alpha value is -0.700. The Balaban J connectivity index is 2.39. The van der Waals surface area contributed by atoms with Crippen molar-refractivity contribution in [2.24, 2.45) is 0 Å². The van der Waals surface area contributed by atoms with Gasteiger partial charge in [0.2, 0.25) is 0 Å². The molecule has 0 bridgehead atoms. The first-order valence-electron chi connectivity index (χ1n) is 5.78. The number of hydrogen-bond acceptors (Lipinski definition) is 1. The van der Waals surface area contributed by atoms with Gasteiger partial charge in [-0.1, -0.05) is 40.9 Å². The maximum atomic E-state index is 13.7. The second-order valence-corrected chi connectivity index (χ2v) is 5.92. The van der Waals surface area contributed by atoms with Gasteiger partial charge in [-0.2, -0.15) is 0 Å². The quantitative estimate of drug-likeness (QED) is 0.724. The lowest BCUT2D eigenvalue weighted by Crippen LogP contribution is -2.10. The number of allylic oxidation sites excluding steroid dienone is 4. The van der Waals surface area contributed by atoms with E-state index in [1.807, 2.05) is 31.1 Å². The average Bonchev–Trinajstić information content (AvgIpc) is 2.34. The molecule has 0 heterocycles. The minimum atomic E-state index is -0.275. The van der Waals surface area contributed by atoms with Gasteiger partial charge in [-0.3, -0.25) is 0 Å². The number of benzene rings is 1. The van der Waals surface area contributed by atoms with Crippen LogP contribution in [0.4, 0.5) is 10.1 Å². The standard InChI is InChI=1S/C14H13Cl3FN/c1-19(2)11-4-8(3-10(18)7-11)9-5-12(15)14(17)13(16)6-9/h3-5,7,9H,6H2,1-2H3. The van der Waals surface area contributed by atoms with Gasteiger partial charge < -0.3 is 4.90 Å². The zero-order valence-corrected chi connectivity index (χ0v) is 12.8. The lowest BCUT2D eigenvalue weighted by Gasteiger charge is -2.21. The van der Waals surface area contributed by atoms with E-state index in [2.05, 4.69) is 0 Å². The summed E-state index contributed by atoms with van der Waals surface area (Å²) in [5.41, 5.74) is 1.64. The van der Waals surface area contributed by atoms with Gasteiger partial charge in [-0.05, 0) is 30.2 Å². The first-order chi connectivity index (χ1) is 8.88. The summed E-state index contributed by atoms with van der Waals surface area (Å²) in [7, 11) is 3.73. The summed E-state index contributed by atoms with van der Waals surface area (Å²) in [5.74, 6) is -0.334. The molecule has 1 atom stereocenters. The van der Waals surface area contributed by atoms with Crippen LogP contribution in [0.1, 0.15) is 17.9 Å². The molecule has 1 aromatic carbocycles. The lowest BCUT2D eigenvalue weighted by atomic mass is 9.91. The maximum absolute atomic E-state index is 13.7. The van der Waals surface area contributed by atoms with Crippen LogP contribution in [-0.2, 0) is 0 Å². The zero-order chi connectivity index (χ0) is 14.2. The summed E-state index contributed by atoms with van der Waals surface area (Å²) >= 11 is 18.0. The topological polar surface area (TPSA) is 3.24 Å². The molecule has 0 spiro atoms. The van der Waals surface area contributed by atoms with E-state index in [9.17, 15) is 4.39 Å². The van der Waals surface area contributed by atoms with Crippen molar-refractivity contribution >= 4 is 40.5 Å². The normalized spacial score (nSPS) is 19.5. The van der Waals surface area contributed by atoms with Crippen molar-refractivity contribution in [3.05, 3.63) is 50.8 Å². The molecule has 0 radical (unpaired) electrons. The number of nitrogens with zero attached hydrogens (tertiary/aromatic N) is 1. The van der Waals surface area contributed by atoms with Crippen LogP contribution in [0.5, 0.6) is 0 Å². The highest BCUT2D eigenvalue weighted by Crippen LogP contribution is 2.40. The third kappa shape index (κ3) is 3.25. The number of anilines is 1. The SMILES string of the molecule is CN(C)c1cc(F)cc(C2C=C(Cl)C(Cl)=C(Cl)C2)c1. The van der Waals surface area contributed by atoms with Crippen molar-refractivity contribution in [2.45, 2.75) is 12.3 Å². The molecule has 19 heavy (non-hydrogen) atoms. The zero-order valence-electron chi connectivity index (χ0n) is 10.6. The summed E-state index contributed by atoms with van der Waals surface area (Å²) < 4.78 is 13.7. The molecular weight excluding hydrogens is 308 g/mol. The minimum Gasteiger partial charge on any atom is -0.378 e. The Morgan fingerprint density at radius 2 is 1.84 bits per heavy atom. The van der Waals surface area contributed by atoms with Crippen molar-refractivity contribution in [3.63, 3.8) is 0 Å². The van der Waals surface area contributed by atoms with E-state index in [1.54, 1.807) is 0 Å². The van der Waals surface area contributed by atoms with Gasteiger partial charge in [0.25, 0.3) is 0 Å². The maximum Gasteiger partial charge on any atom is 0.125 e. The van der Waals surface area contributed by atoms with E-state index in [0.717, 1.165) is 11.3 Å². The van der Waals surface area contributed by atoms with Crippen molar-refractivity contribution in [3.8, 4) is 0 Å². The fraction of sp³-hybridized carbons (Fsp3) is 0.286. The molecule has 0 N–H and O–H groups in total. The first kappa shape index (κ1) is 14.7. The number of rotatable bonds is 2. The van der Waals surface area contributed by atoms with E-state index in [1.165, 1.54) is 12.1 Å². The van der Waals surface area contributed by atoms with E-state index in [-0.39, 0.29) is 11.7 Å². The Morgan fingerprint density at radius 1 is 1.16 bits per heavy atom. The first-order valence-corrected chi connectivity index (χ1v) is 6.91. The molecule has 0 amide bonds. The third-order valence-electron chi connectivity index (χ3n) is 3.04. The molecule has 1 aromatic rings. The Labute approximate surface area is 127 Å². The van der Waals surface area contributed by atoms with E-state index in [4.69, 9.17) is 34.8 Å². The van der Waals surface area contributed by atoms with Crippen LogP contribution < -0.4 is 4.90 Å². The van der Waals surface area contributed by atoms with Crippen molar-refractivity contribution in [1.82, 2.24) is 0 Å². The van der Waals surface area contributed by atoms with Crippen molar-refractivity contribution < 1.29 is 4.39 Å². The van der Waals surface area contributed by atoms with Crippen LogP contribution in [0.25, 0.3) is 0 Å². The van der Waals surface area contributed by atoms with Crippen molar-refractivity contribution in [1.29, 1.82) is 0 Å². The number of hydrogen-bond donors (Lipinski definition) is 0. The van der Waals surface area contributed by atoms with Gasteiger partial charge in [-0.25, -0.2) is 4.39 Å². The van der Waals surface area contributed by atoms with E-state index in [0.29, 0.717) is 21.5 Å². The fourth-order valence-corrected chi connectivity index (χ4v) is 2.73. The summed E-state index contributed by atoms with van der Waals surface area (Å²) in [6.07, 6.45) is 2.34. The number of halogens is 4. The highest BCUT2D eigenvalue weighted by Gasteiger charge is 2.21. The molecule has 0 aromatic heterocycles. The Morgan fingerprint density at radius 3 is 2.42 bits per heavy atom. The van der Waals surface area contributed by atoms with E-state index >= 15 is 0 Å². The van der Waals surface area contributed by atoms with Gasteiger partial charge in [0.15, 0.2) is 0 Å². The molecule has 0 saturated carbocycles. The molecule has 1 aliphatic carbocycles. The highest BCUT2D eigenvalue weighted by molar-refractivity contribution is 6.48. The Bertz CT molecular complexity index is 564. The molecule has 102 valence electrons. The molecule has 2 rings (SSSR count). The fourth-order valence-electron chi connectivity index (χ4n) is 2.00. The van der Waals surface area contributed by atoms with Crippen LogP contribution in [0, 0.1) is 5.82 Å². The second-order valence-electron chi connectivity index (χ2n) is 4.68. The third-order valence-corrected chi connectivity index (χ3v) is 4.33. The molecule has 0 aliphatic heterocycles. The minimum absolute atomic E-state index is 0.0584. The average molecular weight is 321 g/mol. The van der Waals surface area contributed by atoms with Crippen LogP contribution in [0.3, 0.4) is 0 Å².